The molecule has 1 atom stereocenters. The number of nitrogens with one attached hydrogen (secondary N) is 2. The highest BCUT2D eigenvalue weighted by Gasteiger charge is 2.36. The number of carbonyl (C=O) groups is 1. The molecular formula is C11H18N4O3S. The molecule has 0 saturated carbocycles. The van der Waals surface area contributed by atoms with Gasteiger partial charge in [-0.15, -0.1) is 0 Å². The largest absolute Gasteiger partial charge is 0.322 e. The van der Waals surface area contributed by atoms with E-state index in [9.17, 15) is 13.2 Å². The van der Waals surface area contributed by atoms with Gasteiger partial charge >= 0.3 is 0 Å². The van der Waals surface area contributed by atoms with Gasteiger partial charge in [-0.05, 0) is 26.7 Å². The summed E-state index contributed by atoms with van der Waals surface area (Å²) in [7, 11) is -3.35. The summed E-state index contributed by atoms with van der Waals surface area (Å²) < 4.78 is 24.5. The Hall–Kier alpha value is -1.41. The van der Waals surface area contributed by atoms with Crippen molar-refractivity contribution in [1.82, 2.24) is 14.5 Å². The van der Waals surface area contributed by atoms with Crippen LogP contribution in [-0.4, -0.2) is 47.7 Å². The van der Waals surface area contributed by atoms with Crippen LogP contribution in [-0.2, 0) is 14.8 Å². The summed E-state index contributed by atoms with van der Waals surface area (Å²) in [6.45, 7) is 3.99. The molecule has 1 unspecified atom stereocenters. The fourth-order valence-corrected chi connectivity index (χ4v) is 3.46. The number of aromatic nitrogens is 2. The van der Waals surface area contributed by atoms with Gasteiger partial charge in [-0.25, -0.2) is 8.42 Å². The van der Waals surface area contributed by atoms with Crippen LogP contribution in [0.4, 0.5) is 5.69 Å². The van der Waals surface area contributed by atoms with Gasteiger partial charge in [0.05, 0.1) is 23.3 Å². The molecule has 2 rings (SSSR count). The number of hydrogen-bond donors (Lipinski definition) is 2. The number of sulfonamides is 1. The molecule has 1 aromatic heterocycles. The Morgan fingerprint density at radius 3 is 2.68 bits per heavy atom. The normalized spacial score (nSPS) is 20.7. The van der Waals surface area contributed by atoms with Crippen LogP contribution in [0.25, 0.3) is 0 Å². The molecule has 19 heavy (non-hydrogen) atoms. The SMILES string of the molecule is Cc1n[nH]c(C)c1NC(=O)C1CCCN1S(C)(=O)=O. The highest BCUT2D eigenvalue weighted by Crippen LogP contribution is 2.23. The predicted molar refractivity (Wildman–Crippen MR) is 71.3 cm³/mol. The fourth-order valence-electron chi connectivity index (χ4n) is 2.34. The smallest absolute Gasteiger partial charge is 0.242 e. The summed E-state index contributed by atoms with van der Waals surface area (Å²) in [5.41, 5.74) is 2.08. The number of H-pyrrole nitrogens is 1. The lowest BCUT2D eigenvalue weighted by Gasteiger charge is -2.21. The van der Waals surface area contributed by atoms with Crippen molar-refractivity contribution in [1.29, 1.82) is 0 Å². The first-order valence-corrected chi connectivity index (χ1v) is 7.95. The first kappa shape index (κ1) is 14.0. The molecule has 0 spiro atoms. The number of carbonyl (C=O) groups excluding carboxylic acids is 1. The molecule has 106 valence electrons. The zero-order valence-corrected chi connectivity index (χ0v) is 12.0. The van der Waals surface area contributed by atoms with Crippen molar-refractivity contribution in [3.8, 4) is 0 Å². The van der Waals surface area contributed by atoms with Gasteiger partial charge in [0.2, 0.25) is 15.9 Å². The third-order valence-electron chi connectivity index (χ3n) is 3.31. The van der Waals surface area contributed by atoms with Crippen molar-refractivity contribution in [3.05, 3.63) is 11.4 Å². The van der Waals surface area contributed by atoms with E-state index >= 15 is 0 Å². The van der Waals surface area contributed by atoms with Crippen molar-refractivity contribution in [2.45, 2.75) is 32.7 Å². The standard InChI is InChI=1S/C11H18N4O3S/c1-7-10(8(2)14-13-7)12-11(16)9-5-4-6-15(9)19(3,17)18/h9H,4-6H2,1-3H3,(H,12,16)(H,13,14). The quantitative estimate of drug-likeness (QED) is 0.840. The highest BCUT2D eigenvalue weighted by molar-refractivity contribution is 7.88. The number of amides is 1. The molecule has 1 aromatic rings. The Kier molecular flexibility index (Phi) is 3.64. The van der Waals surface area contributed by atoms with Crippen LogP contribution in [0.15, 0.2) is 0 Å². The van der Waals surface area contributed by atoms with Gasteiger partial charge in [-0.2, -0.15) is 9.40 Å². The Balaban J connectivity index is 2.17. The molecular weight excluding hydrogens is 268 g/mol. The molecule has 2 N–H and O–H groups in total. The molecule has 0 radical (unpaired) electrons. The zero-order valence-electron chi connectivity index (χ0n) is 11.2. The maximum atomic E-state index is 12.2. The summed E-state index contributed by atoms with van der Waals surface area (Å²) in [5.74, 6) is -0.296. The Morgan fingerprint density at radius 2 is 2.16 bits per heavy atom. The molecule has 8 heteroatoms. The summed E-state index contributed by atoms with van der Waals surface area (Å²) in [4.78, 5) is 12.2. The lowest BCUT2D eigenvalue weighted by atomic mass is 10.2. The van der Waals surface area contributed by atoms with E-state index in [0.29, 0.717) is 30.8 Å². The van der Waals surface area contributed by atoms with Crippen molar-refractivity contribution >= 4 is 21.6 Å². The Morgan fingerprint density at radius 1 is 1.47 bits per heavy atom. The molecule has 1 amide bonds. The van der Waals surface area contributed by atoms with Gasteiger partial charge in [-0.3, -0.25) is 9.89 Å². The number of rotatable bonds is 3. The van der Waals surface area contributed by atoms with E-state index in [1.165, 1.54) is 4.31 Å². The lowest BCUT2D eigenvalue weighted by Crippen LogP contribution is -2.42. The summed E-state index contributed by atoms with van der Waals surface area (Å²) in [5, 5.41) is 9.53. The van der Waals surface area contributed by atoms with E-state index in [-0.39, 0.29) is 5.91 Å². The van der Waals surface area contributed by atoms with Gasteiger partial charge in [0.1, 0.15) is 6.04 Å². The Labute approximate surface area is 112 Å². The maximum absolute atomic E-state index is 12.2. The average molecular weight is 286 g/mol. The molecule has 0 aromatic carbocycles. The summed E-state index contributed by atoms with van der Waals surface area (Å²) >= 11 is 0. The lowest BCUT2D eigenvalue weighted by molar-refractivity contribution is -0.119. The van der Waals surface area contributed by atoms with E-state index in [2.05, 4.69) is 15.5 Å². The van der Waals surface area contributed by atoms with Crippen molar-refractivity contribution < 1.29 is 13.2 Å². The zero-order chi connectivity index (χ0) is 14.2. The first-order chi connectivity index (χ1) is 8.80. The first-order valence-electron chi connectivity index (χ1n) is 6.10. The second-order valence-corrected chi connectivity index (χ2v) is 6.77. The van der Waals surface area contributed by atoms with E-state index in [1.54, 1.807) is 13.8 Å². The van der Waals surface area contributed by atoms with Crippen molar-refractivity contribution in [3.63, 3.8) is 0 Å². The van der Waals surface area contributed by atoms with Gasteiger partial charge in [0.15, 0.2) is 0 Å². The number of aromatic amines is 1. The van der Waals surface area contributed by atoms with E-state index in [0.717, 1.165) is 11.9 Å². The second kappa shape index (κ2) is 4.93. The third-order valence-corrected chi connectivity index (χ3v) is 4.60. The van der Waals surface area contributed by atoms with Gasteiger partial charge in [-0.1, -0.05) is 0 Å². The van der Waals surface area contributed by atoms with Crippen LogP contribution >= 0.6 is 0 Å². The van der Waals surface area contributed by atoms with Crippen LogP contribution in [0.3, 0.4) is 0 Å². The highest BCUT2D eigenvalue weighted by atomic mass is 32.2. The monoisotopic (exact) mass is 286 g/mol. The molecule has 1 aliphatic heterocycles. The van der Waals surface area contributed by atoms with Gasteiger partial charge < -0.3 is 5.32 Å². The molecule has 7 nitrogen and oxygen atoms in total. The van der Waals surface area contributed by atoms with Crippen molar-refractivity contribution in [2.24, 2.45) is 0 Å². The molecule has 0 bridgehead atoms. The van der Waals surface area contributed by atoms with Gasteiger partial charge in [0.25, 0.3) is 0 Å². The molecule has 1 aliphatic rings. The van der Waals surface area contributed by atoms with E-state index in [4.69, 9.17) is 0 Å². The summed E-state index contributed by atoms with van der Waals surface area (Å²) in [6, 6.07) is -0.622. The molecule has 1 saturated heterocycles. The fraction of sp³-hybridized carbons (Fsp3) is 0.636. The van der Waals surface area contributed by atoms with Crippen LogP contribution in [0.5, 0.6) is 0 Å². The second-order valence-electron chi connectivity index (χ2n) is 4.83. The minimum absolute atomic E-state index is 0.296. The number of nitrogens with zero attached hydrogens (tertiary/aromatic N) is 2. The molecule has 0 aliphatic carbocycles. The van der Waals surface area contributed by atoms with Crippen LogP contribution < -0.4 is 5.32 Å². The minimum Gasteiger partial charge on any atom is -0.322 e. The molecule has 1 fully saturated rings. The van der Waals surface area contributed by atoms with Crippen LogP contribution in [0.2, 0.25) is 0 Å². The number of aryl methyl sites for hydroxylation is 2. The maximum Gasteiger partial charge on any atom is 0.242 e. The topological polar surface area (TPSA) is 95.2 Å². The van der Waals surface area contributed by atoms with Crippen LogP contribution in [0, 0.1) is 13.8 Å². The number of hydrogen-bond acceptors (Lipinski definition) is 4. The van der Waals surface area contributed by atoms with Crippen molar-refractivity contribution in [2.75, 3.05) is 18.1 Å². The van der Waals surface area contributed by atoms with E-state index in [1.807, 2.05) is 0 Å². The predicted octanol–water partition coefficient (Wildman–Crippen LogP) is 0.389. The van der Waals surface area contributed by atoms with E-state index < -0.39 is 16.1 Å². The Bertz CT molecular complexity index is 574. The average Bonchev–Trinajstić information content (AvgIpc) is 2.90. The molecule has 2 heterocycles. The summed E-state index contributed by atoms with van der Waals surface area (Å²) in [6.07, 6.45) is 2.39. The van der Waals surface area contributed by atoms with Crippen LogP contribution in [0.1, 0.15) is 24.2 Å². The minimum atomic E-state index is -3.35. The van der Waals surface area contributed by atoms with Gasteiger partial charge in [0, 0.05) is 6.54 Å². The third kappa shape index (κ3) is 2.79. The number of anilines is 1.